The molecule has 6 nitrogen and oxygen atoms in total. The molecule has 0 aliphatic carbocycles. The lowest BCUT2D eigenvalue weighted by Crippen LogP contribution is -2.53. The molecule has 0 spiro atoms. The molecule has 3 amide bonds. The Morgan fingerprint density at radius 1 is 1.45 bits per heavy atom. The van der Waals surface area contributed by atoms with E-state index in [9.17, 15) is 18.8 Å². The summed E-state index contributed by atoms with van der Waals surface area (Å²) in [5.41, 5.74) is 5.81. The Balaban J connectivity index is 2.00. The van der Waals surface area contributed by atoms with Gasteiger partial charge in [0.15, 0.2) is 0 Å². The van der Waals surface area contributed by atoms with E-state index in [0.717, 1.165) is 11.0 Å². The highest BCUT2D eigenvalue weighted by Crippen LogP contribution is 2.13. The molecule has 0 bridgehead atoms. The predicted molar refractivity (Wildman–Crippen MR) is 69.0 cm³/mol. The van der Waals surface area contributed by atoms with Gasteiger partial charge in [0.1, 0.15) is 12.4 Å². The minimum absolute atomic E-state index is 0.139. The van der Waals surface area contributed by atoms with E-state index in [0.29, 0.717) is 6.42 Å². The number of anilines is 1. The molecule has 1 aromatic rings. The smallest absolute Gasteiger partial charge is 0.246 e. The maximum Gasteiger partial charge on any atom is 0.246 e. The van der Waals surface area contributed by atoms with E-state index in [-0.39, 0.29) is 12.1 Å². The number of rotatable bonds is 3. The van der Waals surface area contributed by atoms with Crippen molar-refractivity contribution < 1.29 is 18.8 Å². The Morgan fingerprint density at radius 3 is 2.90 bits per heavy atom. The van der Waals surface area contributed by atoms with Crippen molar-refractivity contribution in [3.05, 3.63) is 30.1 Å². The molecule has 0 aromatic heterocycles. The Bertz CT molecular complexity index is 562. The van der Waals surface area contributed by atoms with E-state index in [1.165, 1.54) is 18.2 Å². The Morgan fingerprint density at radius 2 is 2.20 bits per heavy atom. The van der Waals surface area contributed by atoms with E-state index in [1.54, 1.807) is 0 Å². The SMILES string of the molecule is NC1CCC(=O)N(CC(=O)Nc2cccc(F)c2)C1=O. The van der Waals surface area contributed by atoms with Crippen molar-refractivity contribution >= 4 is 23.4 Å². The van der Waals surface area contributed by atoms with Crippen molar-refractivity contribution in [1.82, 2.24) is 4.90 Å². The summed E-state index contributed by atoms with van der Waals surface area (Å²) in [6, 6.07) is 4.58. The zero-order valence-corrected chi connectivity index (χ0v) is 10.6. The third-order valence-corrected chi connectivity index (χ3v) is 2.96. The van der Waals surface area contributed by atoms with E-state index in [2.05, 4.69) is 5.32 Å². The predicted octanol–water partition coefficient (Wildman–Crippen LogP) is 0.240. The van der Waals surface area contributed by atoms with Gasteiger partial charge in [-0.1, -0.05) is 6.07 Å². The number of likely N-dealkylation sites (tertiary alicyclic amines) is 1. The Labute approximate surface area is 114 Å². The van der Waals surface area contributed by atoms with Crippen LogP contribution in [-0.4, -0.2) is 35.2 Å². The number of halogens is 1. The third kappa shape index (κ3) is 3.18. The zero-order valence-electron chi connectivity index (χ0n) is 10.6. The fraction of sp³-hybridized carbons (Fsp3) is 0.308. The molecular formula is C13H14FN3O3. The maximum atomic E-state index is 13.0. The van der Waals surface area contributed by atoms with Crippen molar-refractivity contribution in [1.29, 1.82) is 0 Å². The van der Waals surface area contributed by atoms with Crippen LogP contribution in [0.3, 0.4) is 0 Å². The summed E-state index contributed by atoms with van der Waals surface area (Å²) in [7, 11) is 0. The molecule has 1 fully saturated rings. The number of hydrogen-bond donors (Lipinski definition) is 2. The molecule has 2 rings (SSSR count). The van der Waals surface area contributed by atoms with Crippen molar-refractivity contribution in [2.45, 2.75) is 18.9 Å². The number of nitrogens with one attached hydrogen (secondary N) is 1. The molecule has 1 saturated heterocycles. The monoisotopic (exact) mass is 279 g/mol. The normalized spacial score (nSPS) is 19.1. The van der Waals surface area contributed by atoms with Crippen molar-refractivity contribution in [2.75, 3.05) is 11.9 Å². The van der Waals surface area contributed by atoms with Crippen LogP contribution in [0.1, 0.15) is 12.8 Å². The second-order valence-corrected chi connectivity index (χ2v) is 4.52. The van der Waals surface area contributed by atoms with E-state index >= 15 is 0 Å². The lowest BCUT2D eigenvalue weighted by atomic mass is 10.1. The van der Waals surface area contributed by atoms with Crippen LogP contribution in [-0.2, 0) is 14.4 Å². The molecule has 1 aliphatic heterocycles. The standard InChI is InChI=1S/C13H14FN3O3/c14-8-2-1-3-9(6-8)16-11(18)7-17-12(19)5-4-10(15)13(17)20/h1-3,6,10H,4-5,7,15H2,(H,16,18). The third-order valence-electron chi connectivity index (χ3n) is 2.96. The van der Waals surface area contributed by atoms with Gasteiger partial charge in [0.05, 0.1) is 6.04 Å². The number of nitrogens with zero attached hydrogens (tertiary/aromatic N) is 1. The highest BCUT2D eigenvalue weighted by atomic mass is 19.1. The van der Waals surface area contributed by atoms with Crippen LogP contribution in [0.4, 0.5) is 10.1 Å². The summed E-state index contributed by atoms with van der Waals surface area (Å²) in [4.78, 5) is 35.9. The van der Waals surface area contributed by atoms with Crippen LogP contribution in [0.5, 0.6) is 0 Å². The van der Waals surface area contributed by atoms with Crippen molar-refractivity contribution in [3.63, 3.8) is 0 Å². The van der Waals surface area contributed by atoms with Gasteiger partial charge in [0.25, 0.3) is 0 Å². The van der Waals surface area contributed by atoms with Crippen LogP contribution < -0.4 is 11.1 Å². The molecule has 0 saturated carbocycles. The lowest BCUT2D eigenvalue weighted by Gasteiger charge is -2.28. The Kier molecular flexibility index (Phi) is 4.09. The van der Waals surface area contributed by atoms with Crippen LogP contribution in [0.15, 0.2) is 24.3 Å². The first kappa shape index (κ1) is 14.1. The summed E-state index contributed by atoms with van der Waals surface area (Å²) < 4.78 is 13.0. The number of piperidine rings is 1. The molecule has 7 heteroatoms. The van der Waals surface area contributed by atoms with Gasteiger partial charge in [-0.15, -0.1) is 0 Å². The van der Waals surface area contributed by atoms with Gasteiger partial charge in [-0.25, -0.2) is 4.39 Å². The average molecular weight is 279 g/mol. The molecular weight excluding hydrogens is 265 g/mol. The zero-order chi connectivity index (χ0) is 14.7. The van der Waals surface area contributed by atoms with Gasteiger partial charge < -0.3 is 11.1 Å². The first-order chi connectivity index (χ1) is 9.47. The number of benzene rings is 1. The average Bonchev–Trinajstić information content (AvgIpc) is 2.39. The minimum atomic E-state index is -0.755. The molecule has 3 N–H and O–H groups in total. The van der Waals surface area contributed by atoms with Crippen LogP contribution in [0.2, 0.25) is 0 Å². The molecule has 1 unspecified atom stereocenters. The maximum absolute atomic E-state index is 13.0. The van der Waals surface area contributed by atoms with E-state index in [1.807, 2.05) is 0 Å². The van der Waals surface area contributed by atoms with E-state index in [4.69, 9.17) is 5.73 Å². The van der Waals surface area contributed by atoms with Crippen LogP contribution >= 0.6 is 0 Å². The summed E-state index contributed by atoms with van der Waals surface area (Å²) in [5.74, 6) is -2.05. The fourth-order valence-electron chi connectivity index (χ4n) is 1.94. The van der Waals surface area contributed by atoms with Crippen molar-refractivity contribution in [2.24, 2.45) is 5.73 Å². The number of nitrogens with two attached hydrogens (primary N) is 1. The highest BCUT2D eigenvalue weighted by molar-refractivity contribution is 6.05. The number of carbonyl (C=O) groups is 3. The number of imide groups is 1. The number of hydrogen-bond acceptors (Lipinski definition) is 4. The second kappa shape index (κ2) is 5.79. The summed E-state index contributed by atoms with van der Waals surface area (Å²) in [6.45, 7) is -0.415. The quantitative estimate of drug-likeness (QED) is 0.775. The topological polar surface area (TPSA) is 92.5 Å². The summed E-state index contributed by atoms with van der Waals surface area (Å²) >= 11 is 0. The molecule has 1 aromatic carbocycles. The number of amides is 3. The molecule has 1 atom stereocenters. The van der Waals surface area contributed by atoms with E-state index < -0.39 is 36.1 Å². The first-order valence-electron chi connectivity index (χ1n) is 6.12. The van der Waals surface area contributed by atoms with Gasteiger partial charge in [-0.2, -0.15) is 0 Å². The molecule has 20 heavy (non-hydrogen) atoms. The van der Waals surface area contributed by atoms with Crippen molar-refractivity contribution in [3.8, 4) is 0 Å². The summed E-state index contributed by atoms with van der Waals surface area (Å²) in [6.07, 6.45) is 0.430. The van der Waals surface area contributed by atoms with Gasteiger partial charge in [-0.3, -0.25) is 19.3 Å². The molecule has 0 radical (unpaired) electrons. The van der Waals surface area contributed by atoms with Gasteiger partial charge in [-0.05, 0) is 24.6 Å². The molecule has 1 aliphatic rings. The molecule has 106 valence electrons. The van der Waals surface area contributed by atoms with Gasteiger partial charge in [0.2, 0.25) is 17.7 Å². The first-order valence-corrected chi connectivity index (χ1v) is 6.12. The van der Waals surface area contributed by atoms with Gasteiger partial charge >= 0.3 is 0 Å². The lowest BCUT2D eigenvalue weighted by molar-refractivity contribution is -0.151. The van der Waals surface area contributed by atoms with Crippen LogP contribution in [0.25, 0.3) is 0 Å². The second-order valence-electron chi connectivity index (χ2n) is 4.52. The highest BCUT2D eigenvalue weighted by Gasteiger charge is 2.33. The largest absolute Gasteiger partial charge is 0.324 e. The fourth-order valence-corrected chi connectivity index (χ4v) is 1.94. The van der Waals surface area contributed by atoms with Gasteiger partial charge in [0, 0.05) is 12.1 Å². The number of carbonyl (C=O) groups excluding carboxylic acids is 3. The minimum Gasteiger partial charge on any atom is -0.324 e. The summed E-state index contributed by atoms with van der Waals surface area (Å²) in [5, 5.41) is 2.42. The molecule has 1 heterocycles. The Hall–Kier alpha value is -2.28. The van der Waals surface area contributed by atoms with Crippen LogP contribution in [0, 0.1) is 5.82 Å².